The summed E-state index contributed by atoms with van der Waals surface area (Å²) in [7, 11) is 0. The fourth-order valence-corrected chi connectivity index (χ4v) is 3.90. The van der Waals surface area contributed by atoms with Gasteiger partial charge in [0.2, 0.25) is 0 Å². The lowest BCUT2D eigenvalue weighted by Crippen LogP contribution is -2.50. The van der Waals surface area contributed by atoms with Gasteiger partial charge in [-0.25, -0.2) is 0 Å². The van der Waals surface area contributed by atoms with Crippen molar-refractivity contribution in [1.29, 1.82) is 0 Å². The monoisotopic (exact) mass is 224 g/mol. The first-order chi connectivity index (χ1) is 7.57. The van der Waals surface area contributed by atoms with E-state index in [0.717, 1.165) is 19.3 Å². The molecule has 0 radical (unpaired) electrons. The number of rotatable bonds is 2. The summed E-state index contributed by atoms with van der Waals surface area (Å²) in [4.78, 5) is 24.0. The fourth-order valence-electron chi connectivity index (χ4n) is 3.90. The topological polar surface area (TPSA) is 52.6 Å². The van der Waals surface area contributed by atoms with E-state index < -0.39 is 10.8 Å². The van der Waals surface area contributed by atoms with Crippen LogP contribution in [0.4, 0.5) is 0 Å². The second-order valence-electron chi connectivity index (χ2n) is 5.29. The minimum atomic E-state index is -0.733. The fraction of sp³-hybridized carbons (Fsp3) is 0.833. The van der Waals surface area contributed by atoms with Gasteiger partial charge in [-0.2, -0.15) is 0 Å². The highest BCUT2D eigenvalue weighted by Crippen LogP contribution is 2.65. The molecule has 0 amide bonds. The summed E-state index contributed by atoms with van der Waals surface area (Å²) in [6, 6.07) is 0. The molecule has 3 rings (SSSR count). The van der Waals surface area contributed by atoms with E-state index in [1.54, 1.807) is 0 Å². The Morgan fingerprint density at radius 3 is 2.62 bits per heavy atom. The van der Waals surface area contributed by atoms with Gasteiger partial charge in [0.05, 0.1) is 12.2 Å². The lowest BCUT2D eigenvalue weighted by atomic mass is 9.56. The van der Waals surface area contributed by atoms with Crippen molar-refractivity contribution in [3.63, 3.8) is 0 Å². The molecule has 0 spiro atoms. The van der Waals surface area contributed by atoms with Crippen LogP contribution in [0.1, 0.15) is 39.5 Å². The van der Waals surface area contributed by atoms with Gasteiger partial charge in [0.15, 0.2) is 0 Å². The number of ether oxygens (including phenoxy) is 2. The van der Waals surface area contributed by atoms with Crippen molar-refractivity contribution in [2.24, 2.45) is 10.8 Å². The van der Waals surface area contributed by atoms with E-state index in [1.807, 2.05) is 13.8 Å². The molecule has 0 aromatic heterocycles. The van der Waals surface area contributed by atoms with E-state index in [9.17, 15) is 9.59 Å². The highest BCUT2D eigenvalue weighted by atomic mass is 16.6. The third-order valence-electron chi connectivity index (χ3n) is 4.76. The van der Waals surface area contributed by atoms with E-state index >= 15 is 0 Å². The summed E-state index contributed by atoms with van der Waals surface area (Å²) in [5, 5.41) is 0. The third kappa shape index (κ3) is 0.796. The Balaban J connectivity index is 2.15. The Bertz CT molecular complexity index is 377. The first-order valence-corrected chi connectivity index (χ1v) is 5.99. The van der Waals surface area contributed by atoms with Crippen molar-refractivity contribution in [3.8, 4) is 0 Å². The first-order valence-electron chi connectivity index (χ1n) is 5.99. The average molecular weight is 224 g/mol. The maximum absolute atomic E-state index is 12.1. The minimum Gasteiger partial charge on any atom is -0.392 e. The van der Waals surface area contributed by atoms with E-state index in [2.05, 4.69) is 0 Å². The van der Waals surface area contributed by atoms with Gasteiger partial charge in [-0.1, -0.05) is 13.3 Å². The zero-order chi connectivity index (χ0) is 11.6. The average Bonchev–Trinajstić information content (AvgIpc) is 2.84. The lowest BCUT2D eigenvalue weighted by Gasteiger charge is -2.37. The quantitative estimate of drug-likeness (QED) is 0.526. The zero-order valence-corrected chi connectivity index (χ0v) is 9.62. The van der Waals surface area contributed by atoms with Crippen LogP contribution in [-0.2, 0) is 19.1 Å². The third-order valence-corrected chi connectivity index (χ3v) is 4.76. The van der Waals surface area contributed by atoms with Crippen LogP contribution in [-0.4, -0.2) is 24.1 Å². The number of hydrogen-bond acceptors (Lipinski definition) is 4. The van der Waals surface area contributed by atoms with E-state index in [4.69, 9.17) is 9.47 Å². The summed E-state index contributed by atoms with van der Waals surface area (Å²) < 4.78 is 10.7. The molecule has 3 aliphatic rings. The smallest absolute Gasteiger partial charge is 0.323 e. The molecule has 4 atom stereocenters. The van der Waals surface area contributed by atoms with Crippen LogP contribution in [0.5, 0.6) is 0 Å². The number of fused-ring (bicyclic) bond motifs is 5. The van der Waals surface area contributed by atoms with Crippen molar-refractivity contribution in [2.75, 3.05) is 0 Å². The minimum absolute atomic E-state index is 0.110. The van der Waals surface area contributed by atoms with Crippen LogP contribution in [0.2, 0.25) is 0 Å². The predicted molar refractivity (Wildman–Crippen MR) is 54.4 cm³/mol. The SMILES string of the molecule is CCCC12C(=O)OC(=O)C1(C)C1CCC2O1. The van der Waals surface area contributed by atoms with Crippen molar-refractivity contribution < 1.29 is 19.1 Å². The van der Waals surface area contributed by atoms with Gasteiger partial charge in [-0.3, -0.25) is 9.59 Å². The summed E-state index contributed by atoms with van der Waals surface area (Å²) in [6.07, 6.45) is 3.07. The van der Waals surface area contributed by atoms with Crippen LogP contribution in [0.15, 0.2) is 0 Å². The van der Waals surface area contributed by atoms with E-state index in [0.29, 0.717) is 6.42 Å². The molecule has 0 N–H and O–H groups in total. The van der Waals surface area contributed by atoms with Crippen LogP contribution < -0.4 is 0 Å². The zero-order valence-electron chi connectivity index (χ0n) is 9.62. The van der Waals surface area contributed by atoms with Crippen molar-refractivity contribution in [2.45, 2.75) is 51.7 Å². The molecule has 3 aliphatic heterocycles. The van der Waals surface area contributed by atoms with Gasteiger partial charge >= 0.3 is 11.9 Å². The Morgan fingerprint density at radius 2 is 1.94 bits per heavy atom. The van der Waals surface area contributed by atoms with Crippen molar-refractivity contribution in [3.05, 3.63) is 0 Å². The molecule has 2 bridgehead atoms. The van der Waals surface area contributed by atoms with Crippen LogP contribution in [0.25, 0.3) is 0 Å². The molecule has 4 nitrogen and oxygen atoms in total. The summed E-state index contributed by atoms with van der Waals surface area (Å²) >= 11 is 0. The molecular formula is C12H16O4. The Labute approximate surface area is 94.3 Å². The highest BCUT2D eigenvalue weighted by molar-refractivity contribution is 6.03. The highest BCUT2D eigenvalue weighted by Gasteiger charge is 2.78. The maximum Gasteiger partial charge on any atom is 0.323 e. The van der Waals surface area contributed by atoms with Crippen LogP contribution in [0.3, 0.4) is 0 Å². The second kappa shape index (κ2) is 2.86. The molecule has 0 aliphatic carbocycles. The Kier molecular flexibility index (Phi) is 1.83. The number of hydrogen-bond donors (Lipinski definition) is 0. The van der Waals surface area contributed by atoms with E-state index in [1.165, 1.54) is 0 Å². The predicted octanol–water partition coefficient (Wildman–Crippen LogP) is 1.42. The Morgan fingerprint density at radius 1 is 1.25 bits per heavy atom. The van der Waals surface area contributed by atoms with Gasteiger partial charge in [0, 0.05) is 0 Å². The maximum atomic E-state index is 12.1. The molecule has 16 heavy (non-hydrogen) atoms. The van der Waals surface area contributed by atoms with Crippen molar-refractivity contribution >= 4 is 11.9 Å². The summed E-state index contributed by atoms with van der Waals surface area (Å²) in [5.74, 6) is -0.729. The second-order valence-corrected chi connectivity index (χ2v) is 5.29. The normalized spacial score (nSPS) is 49.6. The van der Waals surface area contributed by atoms with Gasteiger partial charge in [0.1, 0.15) is 10.8 Å². The van der Waals surface area contributed by atoms with Gasteiger partial charge in [-0.15, -0.1) is 0 Å². The van der Waals surface area contributed by atoms with Crippen LogP contribution >= 0.6 is 0 Å². The Hall–Kier alpha value is -0.900. The first kappa shape index (κ1) is 10.3. The summed E-state index contributed by atoms with van der Waals surface area (Å²) in [6.45, 7) is 3.87. The summed E-state index contributed by atoms with van der Waals surface area (Å²) in [5.41, 5.74) is -1.43. The number of cyclic esters (lactones) is 2. The molecule has 0 saturated carbocycles. The molecule has 88 valence electrons. The van der Waals surface area contributed by atoms with Gasteiger partial charge < -0.3 is 9.47 Å². The molecule has 3 heterocycles. The largest absolute Gasteiger partial charge is 0.392 e. The molecule has 4 unspecified atom stereocenters. The van der Waals surface area contributed by atoms with Crippen molar-refractivity contribution in [1.82, 2.24) is 0 Å². The number of esters is 2. The molecule has 0 aromatic carbocycles. The molecule has 3 saturated heterocycles. The lowest BCUT2D eigenvalue weighted by molar-refractivity contribution is -0.160. The molecule has 3 fully saturated rings. The van der Waals surface area contributed by atoms with Crippen LogP contribution in [0, 0.1) is 10.8 Å². The number of carbonyl (C=O) groups is 2. The van der Waals surface area contributed by atoms with E-state index in [-0.39, 0.29) is 24.1 Å². The molecule has 0 aromatic rings. The van der Waals surface area contributed by atoms with Gasteiger partial charge in [-0.05, 0) is 26.2 Å². The molecule has 4 heteroatoms. The number of carbonyl (C=O) groups excluding carboxylic acids is 2. The standard InChI is InChI=1S/C12H16O4/c1-3-6-12-8-5-4-7(15-8)11(12,2)9(13)16-10(12)14/h7-8H,3-6H2,1-2H3. The molecular weight excluding hydrogens is 208 g/mol. The van der Waals surface area contributed by atoms with Gasteiger partial charge in [0.25, 0.3) is 0 Å².